The maximum atomic E-state index is 13.4. The minimum absolute atomic E-state index is 0.139. The number of rotatable bonds is 5. The Balaban J connectivity index is 1.14. The number of nitrogens with zero attached hydrogens (tertiary/aromatic N) is 5. The molecule has 6 heteroatoms. The van der Waals surface area contributed by atoms with Crippen LogP contribution in [0.1, 0.15) is 31.1 Å². The zero-order chi connectivity index (χ0) is 26.3. The number of carbonyl (C=O) groups is 1. The summed E-state index contributed by atoms with van der Waals surface area (Å²) in [7, 11) is 0. The van der Waals surface area contributed by atoms with Crippen LogP contribution in [-0.2, 0) is 6.54 Å². The SMILES string of the molecule is CC(C)(C)Cn1c(-c2ccccc2)cc2cc(C(=O)N3CC(N4CCN(c5ccccn5)CC4)C3)ccc21. The fraction of sp³-hybridized carbons (Fsp3) is 0.375. The number of hydrogen-bond donors (Lipinski definition) is 0. The molecule has 2 aliphatic heterocycles. The second-order valence-electron chi connectivity index (χ2n) is 11.9. The number of carbonyl (C=O) groups excluding carboxylic acids is 1. The minimum Gasteiger partial charge on any atom is -0.354 e. The van der Waals surface area contributed by atoms with Crippen molar-refractivity contribution in [2.24, 2.45) is 5.41 Å². The number of fused-ring (bicyclic) bond motifs is 1. The molecule has 0 aliphatic carbocycles. The first-order chi connectivity index (χ1) is 18.4. The summed E-state index contributed by atoms with van der Waals surface area (Å²) in [5.41, 5.74) is 4.51. The molecule has 2 aliphatic rings. The molecule has 6 nitrogen and oxygen atoms in total. The first kappa shape index (κ1) is 24.7. The maximum absolute atomic E-state index is 13.4. The van der Waals surface area contributed by atoms with Crippen LogP contribution in [-0.4, -0.2) is 70.6 Å². The number of amides is 1. The Morgan fingerprint density at radius 2 is 1.63 bits per heavy atom. The topological polar surface area (TPSA) is 44.6 Å². The second-order valence-corrected chi connectivity index (χ2v) is 11.9. The molecule has 196 valence electrons. The molecule has 0 unspecified atom stereocenters. The fourth-order valence-electron chi connectivity index (χ4n) is 5.79. The van der Waals surface area contributed by atoms with Crippen molar-refractivity contribution in [3.63, 3.8) is 0 Å². The standard InChI is InChI=1S/C32H37N5O/c1-32(2,3)23-37-28-13-12-25(19-26(28)20-29(37)24-9-5-4-6-10-24)31(38)36-21-27(22-36)34-15-17-35(18-16-34)30-11-7-8-14-33-30/h4-14,19-20,27H,15-18,21-23H2,1-3H3. The van der Waals surface area contributed by atoms with E-state index in [1.807, 2.05) is 29.3 Å². The monoisotopic (exact) mass is 507 g/mol. The highest BCUT2D eigenvalue weighted by molar-refractivity contribution is 5.99. The van der Waals surface area contributed by atoms with Crippen LogP contribution in [0.4, 0.5) is 5.82 Å². The summed E-state index contributed by atoms with van der Waals surface area (Å²) >= 11 is 0. The summed E-state index contributed by atoms with van der Waals surface area (Å²) in [6.45, 7) is 13.3. The van der Waals surface area contributed by atoms with E-state index in [1.54, 1.807) is 0 Å². The van der Waals surface area contributed by atoms with E-state index in [0.717, 1.165) is 62.6 Å². The average molecular weight is 508 g/mol. The van der Waals surface area contributed by atoms with Gasteiger partial charge in [0.05, 0.1) is 0 Å². The van der Waals surface area contributed by atoms with Crippen LogP contribution >= 0.6 is 0 Å². The molecule has 2 aromatic heterocycles. The largest absolute Gasteiger partial charge is 0.354 e. The van der Waals surface area contributed by atoms with E-state index >= 15 is 0 Å². The normalized spacial score (nSPS) is 17.1. The number of hydrogen-bond acceptors (Lipinski definition) is 4. The van der Waals surface area contributed by atoms with Crippen molar-refractivity contribution in [2.45, 2.75) is 33.4 Å². The molecule has 0 atom stereocenters. The van der Waals surface area contributed by atoms with Gasteiger partial charge in [-0.3, -0.25) is 9.69 Å². The third-order valence-corrected chi connectivity index (χ3v) is 7.80. The Labute approximate surface area is 225 Å². The summed E-state index contributed by atoms with van der Waals surface area (Å²) in [6.07, 6.45) is 1.86. The van der Waals surface area contributed by atoms with Gasteiger partial charge in [0.25, 0.3) is 5.91 Å². The Bertz CT molecular complexity index is 1410. The fourth-order valence-corrected chi connectivity index (χ4v) is 5.79. The van der Waals surface area contributed by atoms with E-state index < -0.39 is 0 Å². The number of benzene rings is 2. The van der Waals surface area contributed by atoms with Crippen LogP contribution in [0.3, 0.4) is 0 Å². The van der Waals surface area contributed by atoms with E-state index in [2.05, 4.69) is 94.7 Å². The molecule has 2 fully saturated rings. The van der Waals surface area contributed by atoms with Crippen LogP contribution in [0, 0.1) is 5.41 Å². The minimum atomic E-state index is 0.139. The summed E-state index contributed by atoms with van der Waals surface area (Å²) < 4.78 is 2.41. The van der Waals surface area contributed by atoms with Crippen LogP contribution < -0.4 is 4.90 Å². The Hall–Kier alpha value is -3.64. The molecule has 2 aromatic carbocycles. The van der Waals surface area contributed by atoms with Gasteiger partial charge in [-0.2, -0.15) is 0 Å². The lowest BCUT2D eigenvalue weighted by atomic mass is 9.96. The van der Waals surface area contributed by atoms with Gasteiger partial charge < -0.3 is 14.4 Å². The predicted molar refractivity (Wildman–Crippen MR) is 155 cm³/mol. The molecule has 38 heavy (non-hydrogen) atoms. The average Bonchev–Trinajstić information content (AvgIpc) is 3.25. The van der Waals surface area contributed by atoms with Crippen molar-refractivity contribution < 1.29 is 4.79 Å². The van der Waals surface area contributed by atoms with Gasteiger partial charge in [0.15, 0.2) is 0 Å². The van der Waals surface area contributed by atoms with Gasteiger partial charge in [-0.15, -0.1) is 0 Å². The third kappa shape index (κ3) is 4.93. The zero-order valence-electron chi connectivity index (χ0n) is 22.7. The predicted octanol–water partition coefficient (Wildman–Crippen LogP) is 5.40. The number of aromatic nitrogens is 2. The van der Waals surface area contributed by atoms with Crippen molar-refractivity contribution in [2.75, 3.05) is 44.2 Å². The van der Waals surface area contributed by atoms with Gasteiger partial charge in [-0.1, -0.05) is 57.2 Å². The first-order valence-electron chi connectivity index (χ1n) is 13.7. The zero-order valence-corrected chi connectivity index (χ0v) is 22.7. The van der Waals surface area contributed by atoms with Crippen LogP contribution in [0.15, 0.2) is 79.0 Å². The number of piperazine rings is 1. The number of anilines is 1. The van der Waals surface area contributed by atoms with Gasteiger partial charge in [0, 0.05) is 80.2 Å². The molecular weight excluding hydrogens is 470 g/mol. The number of likely N-dealkylation sites (tertiary alicyclic amines) is 1. The summed E-state index contributed by atoms with van der Waals surface area (Å²) in [5, 5.41) is 1.13. The first-order valence-corrected chi connectivity index (χ1v) is 13.7. The van der Waals surface area contributed by atoms with Gasteiger partial charge in [-0.05, 0) is 47.4 Å². The highest BCUT2D eigenvalue weighted by Crippen LogP contribution is 2.32. The van der Waals surface area contributed by atoms with E-state index in [0.29, 0.717) is 6.04 Å². The lowest BCUT2D eigenvalue weighted by Crippen LogP contribution is -2.64. The second kappa shape index (κ2) is 9.91. The van der Waals surface area contributed by atoms with E-state index in [-0.39, 0.29) is 11.3 Å². The van der Waals surface area contributed by atoms with Crippen molar-refractivity contribution in [3.05, 3.63) is 84.6 Å². The summed E-state index contributed by atoms with van der Waals surface area (Å²) in [4.78, 5) is 24.8. The molecule has 2 saturated heterocycles. The van der Waals surface area contributed by atoms with Crippen molar-refractivity contribution >= 4 is 22.6 Å². The molecule has 4 heterocycles. The Morgan fingerprint density at radius 1 is 0.895 bits per heavy atom. The lowest BCUT2D eigenvalue weighted by molar-refractivity contribution is 0.0246. The number of pyridine rings is 1. The lowest BCUT2D eigenvalue weighted by Gasteiger charge is -2.48. The van der Waals surface area contributed by atoms with E-state index in [9.17, 15) is 4.79 Å². The molecule has 0 radical (unpaired) electrons. The molecule has 0 saturated carbocycles. The van der Waals surface area contributed by atoms with Crippen LogP contribution in [0.5, 0.6) is 0 Å². The quantitative estimate of drug-likeness (QED) is 0.363. The van der Waals surface area contributed by atoms with Gasteiger partial charge in [-0.25, -0.2) is 4.98 Å². The maximum Gasteiger partial charge on any atom is 0.253 e. The van der Waals surface area contributed by atoms with Gasteiger partial charge in [0.1, 0.15) is 5.82 Å². The van der Waals surface area contributed by atoms with E-state index in [4.69, 9.17) is 0 Å². The van der Waals surface area contributed by atoms with E-state index in [1.165, 1.54) is 16.8 Å². The molecular formula is C32H37N5O. The van der Waals surface area contributed by atoms with Crippen molar-refractivity contribution in [1.29, 1.82) is 0 Å². The molecule has 6 rings (SSSR count). The van der Waals surface area contributed by atoms with Crippen LogP contribution in [0.25, 0.3) is 22.2 Å². The molecule has 4 aromatic rings. The Kier molecular flexibility index (Phi) is 6.44. The van der Waals surface area contributed by atoms with Crippen molar-refractivity contribution in [3.8, 4) is 11.3 Å². The van der Waals surface area contributed by atoms with Gasteiger partial charge in [0.2, 0.25) is 0 Å². The smallest absolute Gasteiger partial charge is 0.253 e. The van der Waals surface area contributed by atoms with Crippen LogP contribution in [0.2, 0.25) is 0 Å². The van der Waals surface area contributed by atoms with Crippen molar-refractivity contribution in [1.82, 2.24) is 19.4 Å². The Morgan fingerprint density at radius 3 is 2.32 bits per heavy atom. The molecule has 1 amide bonds. The molecule has 0 spiro atoms. The molecule has 0 N–H and O–H groups in total. The van der Waals surface area contributed by atoms with Gasteiger partial charge >= 0.3 is 0 Å². The third-order valence-electron chi connectivity index (χ3n) is 7.80. The summed E-state index contributed by atoms with van der Waals surface area (Å²) in [5.74, 6) is 1.19. The molecule has 0 bridgehead atoms. The summed E-state index contributed by atoms with van der Waals surface area (Å²) in [6, 6.07) is 25.6. The highest BCUT2D eigenvalue weighted by Gasteiger charge is 2.36. The highest BCUT2D eigenvalue weighted by atomic mass is 16.2.